The van der Waals surface area contributed by atoms with E-state index < -0.39 is 17.0 Å². The minimum Gasteiger partial charge on any atom is -0.464 e. The van der Waals surface area contributed by atoms with Gasteiger partial charge >= 0.3 is 11.7 Å². The van der Waals surface area contributed by atoms with E-state index in [0.29, 0.717) is 6.42 Å². The molecule has 1 rings (SSSR count). The minimum atomic E-state index is -0.686. The number of aliphatic hydroxyl groups is 1. The van der Waals surface area contributed by atoms with Crippen molar-refractivity contribution in [3.8, 4) is 0 Å². The van der Waals surface area contributed by atoms with Crippen molar-refractivity contribution in [2.75, 3.05) is 19.0 Å². The predicted octanol–water partition coefficient (Wildman–Crippen LogP) is 0.959. The second-order valence-electron chi connectivity index (χ2n) is 3.76. The standard InChI is InChI=1S/C11H15N3O5/c1-3-7(15)6-12-10-9(14(17)18)5-4-8(13-10)11(16)19-2/h4-5,7,15H,3,6H2,1-2H3,(H,12,13). The summed E-state index contributed by atoms with van der Waals surface area (Å²) in [5, 5.41) is 22.9. The highest BCUT2D eigenvalue weighted by molar-refractivity contribution is 5.88. The first kappa shape index (κ1) is 14.8. The van der Waals surface area contributed by atoms with Gasteiger partial charge in [-0.15, -0.1) is 0 Å². The number of nitro groups is 1. The molecule has 0 saturated carbocycles. The number of carbonyl (C=O) groups is 1. The number of anilines is 1. The molecule has 1 unspecified atom stereocenters. The number of nitrogens with zero attached hydrogens (tertiary/aromatic N) is 2. The molecule has 8 nitrogen and oxygen atoms in total. The van der Waals surface area contributed by atoms with Gasteiger partial charge in [-0.2, -0.15) is 0 Å². The number of nitrogens with one attached hydrogen (secondary N) is 1. The topological polar surface area (TPSA) is 115 Å². The molecular formula is C11H15N3O5. The van der Waals surface area contributed by atoms with Crippen LogP contribution in [0, 0.1) is 10.1 Å². The van der Waals surface area contributed by atoms with Crippen molar-refractivity contribution in [2.24, 2.45) is 0 Å². The smallest absolute Gasteiger partial charge is 0.356 e. The lowest BCUT2D eigenvalue weighted by Gasteiger charge is -2.10. The van der Waals surface area contributed by atoms with Crippen LogP contribution in [0.5, 0.6) is 0 Å². The fraction of sp³-hybridized carbons (Fsp3) is 0.455. The van der Waals surface area contributed by atoms with E-state index in [9.17, 15) is 20.0 Å². The van der Waals surface area contributed by atoms with Gasteiger partial charge in [0.2, 0.25) is 5.82 Å². The number of methoxy groups -OCH3 is 1. The number of aromatic nitrogens is 1. The summed E-state index contributed by atoms with van der Waals surface area (Å²) in [5.41, 5.74) is -0.308. The lowest BCUT2D eigenvalue weighted by molar-refractivity contribution is -0.384. The molecule has 0 fully saturated rings. The van der Waals surface area contributed by atoms with Crippen molar-refractivity contribution in [1.82, 2.24) is 4.98 Å². The van der Waals surface area contributed by atoms with Crippen molar-refractivity contribution < 1.29 is 19.6 Å². The van der Waals surface area contributed by atoms with Gasteiger partial charge in [0.25, 0.3) is 0 Å². The second-order valence-corrected chi connectivity index (χ2v) is 3.76. The molecule has 2 N–H and O–H groups in total. The number of pyridine rings is 1. The average Bonchev–Trinajstić information content (AvgIpc) is 2.43. The molecule has 0 amide bonds. The Balaban J connectivity index is 3.01. The zero-order valence-corrected chi connectivity index (χ0v) is 10.6. The molecule has 0 bridgehead atoms. The van der Waals surface area contributed by atoms with Gasteiger partial charge in [-0.1, -0.05) is 6.92 Å². The number of esters is 1. The average molecular weight is 269 g/mol. The Morgan fingerprint density at radius 1 is 1.63 bits per heavy atom. The van der Waals surface area contributed by atoms with E-state index >= 15 is 0 Å². The maximum atomic E-state index is 11.3. The maximum absolute atomic E-state index is 11.3. The monoisotopic (exact) mass is 269 g/mol. The highest BCUT2D eigenvalue weighted by Crippen LogP contribution is 2.22. The quantitative estimate of drug-likeness (QED) is 0.449. The van der Waals surface area contributed by atoms with Gasteiger partial charge in [-0.05, 0) is 12.5 Å². The van der Waals surface area contributed by atoms with Crippen molar-refractivity contribution in [1.29, 1.82) is 0 Å². The number of ether oxygens (including phenoxy) is 1. The van der Waals surface area contributed by atoms with Crippen LogP contribution >= 0.6 is 0 Å². The van der Waals surface area contributed by atoms with E-state index in [1.54, 1.807) is 6.92 Å². The zero-order valence-electron chi connectivity index (χ0n) is 10.6. The van der Waals surface area contributed by atoms with Crippen LogP contribution in [-0.2, 0) is 4.74 Å². The van der Waals surface area contributed by atoms with E-state index in [1.807, 2.05) is 0 Å². The van der Waals surface area contributed by atoms with Gasteiger partial charge in [0.1, 0.15) is 0 Å². The predicted molar refractivity (Wildman–Crippen MR) is 67.0 cm³/mol. The van der Waals surface area contributed by atoms with Crippen LogP contribution in [0.4, 0.5) is 11.5 Å². The van der Waals surface area contributed by atoms with E-state index in [4.69, 9.17) is 0 Å². The zero-order chi connectivity index (χ0) is 14.4. The van der Waals surface area contributed by atoms with Crippen molar-refractivity contribution >= 4 is 17.5 Å². The molecule has 1 atom stereocenters. The van der Waals surface area contributed by atoms with Gasteiger partial charge in [0.15, 0.2) is 5.69 Å². The van der Waals surface area contributed by atoms with E-state index in [0.717, 1.165) is 0 Å². The van der Waals surface area contributed by atoms with Gasteiger partial charge in [0, 0.05) is 12.6 Å². The molecule has 0 spiro atoms. The highest BCUT2D eigenvalue weighted by atomic mass is 16.6. The molecule has 0 aliphatic heterocycles. The summed E-state index contributed by atoms with van der Waals surface area (Å²) in [5.74, 6) is -0.755. The van der Waals surface area contributed by atoms with E-state index in [-0.39, 0.29) is 23.7 Å². The van der Waals surface area contributed by atoms with Crippen LogP contribution in [0.15, 0.2) is 12.1 Å². The third kappa shape index (κ3) is 3.88. The normalized spacial score (nSPS) is 11.7. The minimum absolute atomic E-state index is 0.0402. The molecule has 0 saturated heterocycles. The van der Waals surface area contributed by atoms with Crippen LogP contribution in [0.1, 0.15) is 23.8 Å². The Morgan fingerprint density at radius 2 is 2.32 bits per heavy atom. The van der Waals surface area contributed by atoms with Crippen molar-refractivity contribution in [3.05, 3.63) is 27.9 Å². The summed E-state index contributed by atoms with van der Waals surface area (Å²) < 4.78 is 4.49. The van der Waals surface area contributed by atoms with Gasteiger partial charge in [-0.3, -0.25) is 10.1 Å². The Labute approximate surface area is 109 Å². The van der Waals surface area contributed by atoms with Gasteiger partial charge < -0.3 is 15.2 Å². The first-order chi connectivity index (χ1) is 8.99. The lowest BCUT2D eigenvalue weighted by Crippen LogP contribution is -2.20. The third-order valence-electron chi connectivity index (χ3n) is 2.44. The van der Waals surface area contributed by atoms with Gasteiger partial charge in [-0.25, -0.2) is 9.78 Å². The number of aliphatic hydroxyl groups excluding tert-OH is 1. The summed E-state index contributed by atoms with van der Waals surface area (Å²) in [6, 6.07) is 2.38. The van der Waals surface area contributed by atoms with Crippen molar-refractivity contribution in [3.63, 3.8) is 0 Å². The molecular weight excluding hydrogens is 254 g/mol. The number of carbonyl (C=O) groups excluding carboxylic acids is 1. The summed E-state index contributed by atoms with van der Waals surface area (Å²) >= 11 is 0. The first-order valence-electron chi connectivity index (χ1n) is 5.65. The molecule has 0 aromatic carbocycles. The Morgan fingerprint density at radius 3 is 2.84 bits per heavy atom. The SMILES string of the molecule is CCC(O)CNc1nc(C(=O)OC)ccc1[N+](=O)[O-]. The van der Waals surface area contributed by atoms with E-state index in [1.165, 1.54) is 19.2 Å². The lowest BCUT2D eigenvalue weighted by atomic mass is 10.2. The maximum Gasteiger partial charge on any atom is 0.356 e. The molecule has 0 aliphatic carbocycles. The first-order valence-corrected chi connectivity index (χ1v) is 5.65. The molecule has 104 valence electrons. The Hall–Kier alpha value is -2.22. The molecule has 0 aliphatic rings. The van der Waals surface area contributed by atoms with Crippen LogP contribution in [-0.4, -0.2) is 40.7 Å². The molecule has 0 radical (unpaired) electrons. The summed E-state index contributed by atoms with van der Waals surface area (Å²) in [6.07, 6.45) is -0.152. The van der Waals surface area contributed by atoms with Crippen LogP contribution in [0.25, 0.3) is 0 Å². The Bertz CT molecular complexity index is 477. The fourth-order valence-electron chi connectivity index (χ4n) is 1.31. The van der Waals surface area contributed by atoms with Gasteiger partial charge in [0.05, 0.1) is 18.1 Å². The van der Waals surface area contributed by atoms with Crippen LogP contribution in [0.2, 0.25) is 0 Å². The molecule has 1 aromatic rings. The third-order valence-corrected chi connectivity index (χ3v) is 2.44. The van der Waals surface area contributed by atoms with Crippen LogP contribution in [0.3, 0.4) is 0 Å². The summed E-state index contributed by atoms with van der Waals surface area (Å²) in [7, 11) is 1.19. The number of hydrogen-bond donors (Lipinski definition) is 2. The van der Waals surface area contributed by atoms with Crippen LogP contribution < -0.4 is 5.32 Å². The second kappa shape index (κ2) is 6.64. The molecule has 8 heteroatoms. The molecule has 19 heavy (non-hydrogen) atoms. The Kier molecular flexibility index (Phi) is 5.19. The largest absolute Gasteiger partial charge is 0.464 e. The van der Waals surface area contributed by atoms with E-state index in [2.05, 4.69) is 15.0 Å². The summed E-state index contributed by atoms with van der Waals surface area (Å²) in [4.78, 5) is 25.4. The summed E-state index contributed by atoms with van der Waals surface area (Å²) in [6.45, 7) is 1.88. The highest BCUT2D eigenvalue weighted by Gasteiger charge is 2.19. The number of hydrogen-bond acceptors (Lipinski definition) is 7. The van der Waals surface area contributed by atoms with Crippen molar-refractivity contribution in [2.45, 2.75) is 19.4 Å². The molecule has 1 heterocycles. The fourth-order valence-corrected chi connectivity index (χ4v) is 1.31. The molecule has 1 aromatic heterocycles. The number of rotatable bonds is 6.